The van der Waals surface area contributed by atoms with Crippen LogP contribution in [-0.4, -0.2) is 18.8 Å². The summed E-state index contributed by atoms with van der Waals surface area (Å²) in [4.78, 5) is -0.745. The van der Waals surface area contributed by atoms with Crippen LogP contribution in [0, 0.1) is 0 Å². The van der Waals surface area contributed by atoms with Crippen LogP contribution in [0.4, 0.5) is 13.2 Å². The quantitative estimate of drug-likeness (QED) is 0.753. The molecule has 1 rings (SSSR count). The van der Waals surface area contributed by atoms with Gasteiger partial charge < -0.3 is 0 Å². The summed E-state index contributed by atoms with van der Waals surface area (Å²) < 4.78 is 61.0. The number of sulfone groups is 1. The average Bonchev–Trinajstić information content (AvgIpc) is 2.35. The van der Waals surface area contributed by atoms with Crippen LogP contribution < -0.4 is 0 Å². The van der Waals surface area contributed by atoms with Crippen molar-refractivity contribution in [1.82, 2.24) is 0 Å². The predicted octanol–water partition coefficient (Wildman–Crippen LogP) is 4.26. The zero-order chi connectivity index (χ0) is 14.8. The molecule has 1 aromatic carbocycles. The van der Waals surface area contributed by atoms with Crippen molar-refractivity contribution in [2.24, 2.45) is 0 Å². The lowest BCUT2D eigenvalue weighted by Gasteiger charge is -2.21. The van der Waals surface area contributed by atoms with Gasteiger partial charge in [-0.25, -0.2) is 8.42 Å². The van der Waals surface area contributed by atoms with Gasteiger partial charge in [-0.3, -0.25) is 0 Å². The Morgan fingerprint density at radius 1 is 1.26 bits per heavy atom. The van der Waals surface area contributed by atoms with Crippen LogP contribution in [0.25, 0.3) is 0 Å². The predicted molar refractivity (Wildman–Crippen MR) is 71.1 cm³/mol. The Hall–Kier alpha value is -0.560. The molecular weight excluding hydrogens is 345 g/mol. The summed E-state index contributed by atoms with van der Waals surface area (Å²) in [7, 11) is -5.31. The topological polar surface area (TPSA) is 34.1 Å². The van der Waals surface area contributed by atoms with Crippen LogP contribution in [0.15, 0.2) is 29.2 Å². The first-order valence-corrected chi connectivity index (χ1v) is 8.07. The highest BCUT2D eigenvalue weighted by Crippen LogP contribution is 2.37. The van der Waals surface area contributed by atoms with Gasteiger partial charge in [0.25, 0.3) is 9.84 Å². The van der Waals surface area contributed by atoms with Crippen molar-refractivity contribution in [2.75, 3.05) is 0 Å². The van der Waals surface area contributed by atoms with Gasteiger partial charge in [-0.2, -0.15) is 13.2 Å². The van der Waals surface area contributed by atoms with Gasteiger partial charge in [0.05, 0.1) is 4.90 Å². The van der Waals surface area contributed by atoms with E-state index in [1.807, 2.05) is 6.92 Å². The molecule has 0 aliphatic heterocycles. The van der Waals surface area contributed by atoms with E-state index in [2.05, 4.69) is 15.9 Å². The summed E-state index contributed by atoms with van der Waals surface area (Å²) >= 11 is 3.35. The van der Waals surface area contributed by atoms with Crippen LogP contribution >= 0.6 is 15.9 Å². The van der Waals surface area contributed by atoms with E-state index >= 15 is 0 Å². The standard InChI is InChI=1S/C12H14BrF3O2S/c1-3-10(13)8(2)9-6-4-5-7-11(9)19(17,18)12(14,15)16/h4-8,10H,3H2,1-2H3. The molecule has 108 valence electrons. The van der Waals surface area contributed by atoms with Crippen LogP contribution in [0.5, 0.6) is 0 Å². The molecule has 0 spiro atoms. The Balaban J connectivity index is 3.40. The molecule has 7 heteroatoms. The first-order chi connectivity index (χ1) is 8.63. The van der Waals surface area contributed by atoms with Crippen molar-refractivity contribution in [3.8, 4) is 0 Å². The van der Waals surface area contributed by atoms with Crippen molar-refractivity contribution in [1.29, 1.82) is 0 Å². The van der Waals surface area contributed by atoms with Gasteiger partial charge in [0, 0.05) is 4.83 Å². The van der Waals surface area contributed by atoms with Gasteiger partial charge in [0.2, 0.25) is 0 Å². The largest absolute Gasteiger partial charge is 0.501 e. The van der Waals surface area contributed by atoms with Gasteiger partial charge >= 0.3 is 5.51 Å². The molecule has 2 atom stereocenters. The Kier molecular flexibility index (Phi) is 5.06. The van der Waals surface area contributed by atoms with Gasteiger partial charge in [-0.1, -0.05) is 48.0 Å². The number of hydrogen-bond acceptors (Lipinski definition) is 2. The number of alkyl halides is 4. The fourth-order valence-corrected chi connectivity index (χ4v) is 3.13. The molecule has 0 heterocycles. The SMILES string of the molecule is CCC(Br)C(C)c1ccccc1S(=O)(=O)C(F)(F)F. The van der Waals surface area contributed by atoms with Crippen LogP contribution in [0.1, 0.15) is 31.7 Å². The van der Waals surface area contributed by atoms with Crippen molar-refractivity contribution < 1.29 is 21.6 Å². The molecule has 0 fully saturated rings. The minimum absolute atomic E-state index is 0.0860. The average molecular weight is 359 g/mol. The third-order valence-electron chi connectivity index (χ3n) is 2.94. The summed E-state index contributed by atoms with van der Waals surface area (Å²) in [6.07, 6.45) is 0.682. The second-order valence-electron chi connectivity index (χ2n) is 4.20. The van der Waals surface area contributed by atoms with Crippen LogP contribution in [-0.2, 0) is 9.84 Å². The molecular formula is C12H14BrF3O2S. The maximum atomic E-state index is 12.6. The first kappa shape index (κ1) is 16.5. The lowest BCUT2D eigenvalue weighted by Crippen LogP contribution is -2.25. The summed E-state index contributed by atoms with van der Waals surface area (Å²) in [5.74, 6) is -0.335. The van der Waals surface area contributed by atoms with Gasteiger partial charge in [-0.05, 0) is 24.0 Å². The Labute approximate surface area is 119 Å². The fraction of sp³-hybridized carbons (Fsp3) is 0.500. The highest BCUT2D eigenvalue weighted by Gasteiger charge is 2.48. The van der Waals surface area contributed by atoms with Crippen LogP contribution in [0.3, 0.4) is 0 Å². The summed E-state index contributed by atoms with van der Waals surface area (Å²) in [5.41, 5.74) is -5.10. The highest BCUT2D eigenvalue weighted by atomic mass is 79.9. The van der Waals surface area contributed by atoms with Gasteiger partial charge in [0.15, 0.2) is 0 Å². The van der Waals surface area contributed by atoms with E-state index in [-0.39, 0.29) is 16.3 Å². The zero-order valence-corrected chi connectivity index (χ0v) is 12.8. The minimum atomic E-state index is -5.31. The second-order valence-corrected chi connectivity index (χ2v) is 7.29. The van der Waals surface area contributed by atoms with Crippen molar-refractivity contribution in [3.05, 3.63) is 29.8 Å². The molecule has 0 aliphatic carbocycles. The molecule has 0 radical (unpaired) electrons. The molecule has 0 saturated heterocycles. The molecule has 2 unspecified atom stereocenters. The Morgan fingerprint density at radius 2 is 1.79 bits per heavy atom. The molecule has 0 amide bonds. The monoisotopic (exact) mass is 358 g/mol. The molecule has 0 aromatic heterocycles. The number of halogens is 4. The van der Waals surface area contributed by atoms with E-state index in [1.54, 1.807) is 6.92 Å². The lowest BCUT2D eigenvalue weighted by atomic mass is 9.96. The molecule has 19 heavy (non-hydrogen) atoms. The zero-order valence-electron chi connectivity index (χ0n) is 10.4. The summed E-state index contributed by atoms with van der Waals surface area (Å²) in [6, 6.07) is 5.26. The van der Waals surface area contributed by atoms with Gasteiger partial charge in [-0.15, -0.1) is 0 Å². The third kappa shape index (κ3) is 3.31. The van der Waals surface area contributed by atoms with E-state index in [0.717, 1.165) is 6.07 Å². The van der Waals surface area contributed by atoms with E-state index in [0.29, 0.717) is 6.42 Å². The Bertz CT molecular complexity index is 540. The minimum Gasteiger partial charge on any atom is -0.214 e. The number of benzene rings is 1. The van der Waals surface area contributed by atoms with Crippen LogP contribution in [0.2, 0.25) is 0 Å². The van der Waals surface area contributed by atoms with E-state index in [1.165, 1.54) is 18.2 Å². The molecule has 2 nitrogen and oxygen atoms in total. The molecule has 0 saturated carbocycles. The summed E-state index contributed by atoms with van der Waals surface area (Å²) in [6.45, 7) is 3.57. The molecule has 0 bridgehead atoms. The van der Waals surface area contributed by atoms with Crippen molar-refractivity contribution in [3.63, 3.8) is 0 Å². The molecule has 1 aromatic rings. The number of rotatable bonds is 4. The maximum absolute atomic E-state index is 12.6. The second kappa shape index (κ2) is 5.83. The fourth-order valence-electron chi connectivity index (χ4n) is 1.77. The smallest absolute Gasteiger partial charge is 0.214 e. The lowest BCUT2D eigenvalue weighted by molar-refractivity contribution is -0.0436. The van der Waals surface area contributed by atoms with E-state index < -0.39 is 20.2 Å². The molecule has 0 aliphatic rings. The van der Waals surface area contributed by atoms with Crippen molar-refractivity contribution >= 4 is 25.8 Å². The normalized spacial score (nSPS) is 16.1. The first-order valence-electron chi connectivity index (χ1n) is 5.67. The number of hydrogen-bond donors (Lipinski definition) is 0. The van der Waals surface area contributed by atoms with Gasteiger partial charge in [0.1, 0.15) is 0 Å². The maximum Gasteiger partial charge on any atom is 0.501 e. The van der Waals surface area contributed by atoms with E-state index in [4.69, 9.17) is 0 Å². The molecule has 0 N–H and O–H groups in total. The Morgan fingerprint density at radius 3 is 2.26 bits per heavy atom. The highest BCUT2D eigenvalue weighted by molar-refractivity contribution is 9.09. The summed E-state index contributed by atoms with van der Waals surface area (Å²) in [5, 5.41) is 0. The third-order valence-corrected chi connectivity index (χ3v) is 5.94. The van der Waals surface area contributed by atoms with E-state index in [9.17, 15) is 21.6 Å². The van der Waals surface area contributed by atoms with Crippen molar-refractivity contribution in [2.45, 2.75) is 41.4 Å².